The molecule has 0 rings (SSSR count). The molecule has 0 aliphatic carbocycles. The second kappa shape index (κ2) is 55.7. The molecule has 0 aliphatic heterocycles. The van der Waals surface area contributed by atoms with Gasteiger partial charge in [-0.25, -0.2) is 0 Å². The summed E-state index contributed by atoms with van der Waals surface area (Å²) in [5, 5.41) is 0. The molecule has 0 N–H and O–H groups in total. The molecule has 0 spiro atoms. The lowest BCUT2D eigenvalue weighted by molar-refractivity contribution is -0.167. The van der Waals surface area contributed by atoms with E-state index in [1.807, 2.05) is 0 Å². The fourth-order valence-corrected chi connectivity index (χ4v) is 9.03. The van der Waals surface area contributed by atoms with Crippen LogP contribution < -0.4 is 0 Å². The summed E-state index contributed by atoms with van der Waals surface area (Å²) in [7, 11) is 0. The van der Waals surface area contributed by atoms with E-state index in [2.05, 4.69) is 32.9 Å². The molecule has 6 heteroatoms. The van der Waals surface area contributed by atoms with Crippen molar-refractivity contribution in [3.05, 3.63) is 12.2 Å². The number of unbranched alkanes of at least 4 members (excludes halogenated alkanes) is 42. The van der Waals surface area contributed by atoms with Crippen LogP contribution in [-0.4, -0.2) is 37.2 Å². The zero-order valence-electron chi connectivity index (χ0n) is 44.7. The topological polar surface area (TPSA) is 78.9 Å². The molecule has 0 aliphatic rings. The highest BCUT2D eigenvalue weighted by atomic mass is 16.6. The number of carbonyl (C=O) groups is 3. The average molecular weight is 932 g/mol. The third-order valence-corrected chi connectivity index (χ3v) is 13.5. The molecule has 1 atom stereocenters. The van der Waals surface area contributed by atoms with Gasteiger partial charge >= 0.3 is 17.9 Å². The summed E-state index contributed by atoms with van der Waals surface area (Å²) in [5.74, 6) is -0.850. The van der Waals surface area contributed by atoms with Crippen molar-refractivity contribution in [2.24, 2.45) is 0 Å². The smallest absolute Gasteiger partial charge is 0.306 e. The van der Waals surface area contributed by atoms with Crippen molar-refractivity contribution in [3.63, 3.8) is 0 Å². The molecule has 66 heavy (non-hydrogen) atoms. The van der Waals surface area contributed by atoms with Crippen LogP contribution in [-0.2, 0) is 28.6 Å². The van der Waals surface area contributed by atoms with E-state index in [1.165, 1.54) is 231 Å². The maximum atomic E-state index is 12.9. The first-order valence-corrected chi connectivity index (χ1v) is 29.7. The molecular formula is C60H114O6. The van der Waals surface area contributed by atoms with Crippen LogP contribution in [0.25, 0.3) is 0 Å². The van der Waals surface area contributed by atoms with Crippen molar-refractivity contribution in [2.45, 2.75) is 341 Å². The fraction of sp³-hybridized carbons (Fsp3) is 0.917. The Kier molecular flexibility index (Phi) is 54.2. The molecule has 1 unspecified atom stereocenters. The van der Waals surface area contributed by atoms with E-state index < -0.39 is 6.10 Å². The molecule has 0 aromatic carbocycles. The van der Waals surface area contributed by atoms with E-state index >= 15 is 0 Å². The summed E-state index contributed by atoms with van der Waals surface area (Å²) in [6.45, 7) is 6.67. The Morgan fingerprint density at radius 2 is 0.500 bits per heavy atom. The van der Waals surface area contributed by atoms with Gasteiger partial charge in [0.2, 0.25) is 0 Å². The molecule has 0 amide bonds. The monoisotopic (exact) mass is 931 g/mol. The van der Waals surface area contributed by atoms with Crippen LogP contribution in [0.4, 0.5) is 0 Å². The molecule has 390 valence electrons. The number of esters is 3. The lowest BCUT2D eigenvalue weighted by Crippen LogP contribution is -2.30. The Balaban J connectivity index is 4.27. The van der Waals surface area contributed by atoms with Crippen LogP contribution in [0.15, 0.2) is 12.2 Å². The Hall–Kier alpha value is -1.85. The normalized spacial score (nSPS) is 12.0. The largest absolute Gasteiger partial charge is 0.462 e. The van der Waals surface area contributed by atoms with Crippen molar-refractivity contribution >= 4 is 17.9 Å². The van der Waals surface area contributed by atoms with Gasteiger partial charge in [-0.05, 0) is 44.9 Å². The summed E-state index contributed by atoms with van der Waals surface area (Å²) < 4.78 is 16.9. The van der Waals surface area contributed by atoms with Crippen molar-refractivity contribution in [3.8, 4) is 0 Å². The third kappa shape index (κ3) is 53.1. The number of carbonyl (C=O) groups excluding carboxylic acids is 3. The summed E-state index contributed by atoms with van der Waals surface area (Å²) in [6.07, 6.45) is 63.5. The average Bonchev–Trinajstić information content (AvgIpc) is 3.31. The van der Waals surface area contributed by atoms with Gasteiger partial charge in [0, 0.05) is 19.3 Å². The quantitative estimate of drug-likeness (QED) is 0.0262. The maximum Gasteiger partial charge on any atom is 0.306 e. The Labute approximate surface area is 411 Å². The molecule has 0 bridgehead atoms. The van der Waals surface area contributed by atoms with Crippen LogP contribution in [0.2, 0.25) is 0 Å². The van der Waals surface area contributed by atoms with Crippen LogP contribution in [0, 0.1) is 0 Å². The van der Waals surface area contributed by atoms with E-state index in [0.29, 0.717) is 19.3 Å². The van der Waals surface area contributed by atoms with Crippen molar-refractivity contribution in [1.29, 1.82) is 0 Å². The van der Waals surface area contributed by atoms with E-state index in [-0.39, 0.29) is 31.1 Å². The Bertz CT molecular complexity index is 1020. The summed E-state index contributed by atoms with van der Waals surface area (Å²) in [5.41, 5.74) is 0. The molecule has 0 radical (unpaired) electrons. The summed E-state index contributed by atoms with van der Waals surface area (Å²) in [6, 6.07) is 0. The Morgan fingerprint density at radius 1 is 0.288 bits per heavy atom. The van der Waals surface area contributed by atoms with Crippen LogP contribution in [0.1, 0.15) is 335 Å². The van der Waals surface area contributed by atoms with Gasteiger partial charge in [0.05, 0.1) is 0 Å². The first-order valence-electron chi connectivity index (χ1n) is 29.7. The van der Waals surface area contributed by atoms with Crippen LogP contribution in [0.3, 0.4) is 0 Å². The van der Waals surface area contributed by atoms with Crippen molar-refractivity contribution < 1.29 is 28.6 Å². The lowest BCUT2D eigenvalue weighted by atomic mass is 10.0. The minimum absolute atomic E-state index is 0.0664. The molecule has 0 saturated heterocycles. The third-order valence-electron chi connectivity index (χ3n) is 13.5. The van der Waals surface area contributed by atoms with Gasteiger partial charge in [0.15, 0.2) is 6.10 Å². The highest BCUT2D eigenvalue weighted by Gasteiger charge is 2.19. The van der Waals surface area contributed by atoms with E-state index in [1.54, 1.807) is 0 Å². The van der Waals surface area contributed by atoms with Gasteiger partial charge < -0.3 is 14.2 Å². The van der Waals surface area contributed by atoms with Gasteiger partial charge in [-0.3, -0.25) is 14.4 Å². The lowest BCUT2D eigenvalue weighted by Gasteiger charge is -2.18. The second-order valence-electron chi connectivity index (χ2n) is 20.3. The zero-order chi connectivity index (χ0) is 47.9. The second-order valence-corrected chi connectivity index (χ2v) is 20.3. The highest BCUT2D eigenvalue weighted by Crippen LogP contribution is 2.18. The van der Waals surface area contributed by atoms with Gasteiger partial charge in [0.25, 0.3) is 0 Å². The number of hydrogen-bond donors (Lipinski definition) is 0. The minimum atomic E-state index is -0.767. The molecule has 0 heterocycles. The fourth-order valence-electron chi connectivity index (χ4n) is 9.03. The first kappa shape index (κ1) is 64.2. The Morgan fingerprint density at radius 3 is 0.788 bits per heavy atom. The SMILES string of the molecule is CCCCC/C=C\CCCCCCCC(=O)OCC(COC(=O)CCCCCCCCCCCCCCCCCCCCC)OC(=O)CCCCCCCCCCCCCCCCCCC. The molecule has 0 saturated carbocycles. The number of ether oxygens (including phenoxy) is 3. The van der Waals surface area contributed by atoms with E-state index in [0.717, 1.165) is 64.2 Å². The van der Waals surface area contributed by atoms with E-state index in [4.69, 9.17) is 14.2 Å². The number of rotatable bonds is 55. The first-order chi connectivity index (χ1) is 32.5. The molecule has 0 fully saturated rings. The number of allylic oxidation sites excluding steroid dienone is 2. The summed E-state index contributed by atoms with van der Waals surface area (Å²) >= 11 is 0. The minimum Gasteiger partial charge on any atom is -0.462 e. The number of hydrogen-bond acceptors (Lipinski definition) is 6. The van der Waals surface area contributed by atoms with Gasteiger partial charge in [-0.15, -0.1) is 0 Å². The van der Waals surface area contributed by atoms with Crippen LogP contribution >= 0.6 is 0 Å². The highest BCUT2D eigenvalue weighted by molar-refractivity contribution is 5.71. The molecule has 0 aromatic rings. The summed E-state index contributed by atoms with van der Waals surface area (Å²) in [4.78, 5) is 38.1. The zero-order valence-corrected chi connectivity index (χ0v) is 44.7. The molecular weight excluding hydrogens is 817 g/mol. The maximum absolute atomic E-state index is 12.9. The van der Waals surface area contributed by atoms with Crippen molar-refractivity contribution in [1.82, 2.24) is 0 Å². The van der Waals surface area contributed by atoms with Gasteiger partial charge in [0.1, 0.15) is 13.2 Å². The predicted molar refractivity (Wildman–Crippen MR) is 284 cm³/mol. The molecule has 0 aromatic heterocycles. The van der Waals surface area contributed by atoms with Crippen LogP contribution in [0.5, 0.6) is 0 Å². The van der Waals surface area contributed by atoms with E-state index in [9.17, 15) is 14.4 Å². The standard InChI is InChI=1S/C60H114O6/c1-4-7-10-13-16-19-22-25-27-29-30-32-33-35-38-41-44-47-50-53-59(62)65-56-57(55-64-58(61)52-49-46-43-40-37-24-21-18-15-12-9-6-3)66-60(63)54-51-48-45-42-39-36-34-31-28-26-23-20-17-14-11-8-5-2/h18,21,57H,4-17,19-20,22-56H2,1-3H3/b21-18-. The molecule has 6 nitrogen and oxygen atoms in total. The van der Waals surface area contributed by atoms with Gasteiger partial charge in [-0.1, -0.05) is 283 Å². The van der Waals surface area contributed by atoms with Crippen molar-refractivity contribution in [2.75, 3.05) is 13.2 Å². The predicted octanol–water partition coefficient (Wildman–Crippen LogP) is 19.7. The van der Waals surface area contributed by atoms with Gasteiger partial charge in [-0.2, -0.15) is 0 Å².